The number of amides is 1. The second-order valence-electron chi connectivity index (χ2n) is 5.17. The Morgan fingerprint density at radius 1 is 1.38 bits per heavy atom. The number of carbonyl (C=O) groups is 1. The van der Waals surface area contributed by atoms with Gasteiger partial charge in [0, 0.05) is 25.8 Å². The molecule has 1 aliphatic heterocycles. The highest BCUT2D eigenvalue weighted by molar-refractivity contribution is 5.77. The summed E-state index contributed by atoms with van der Waals surface area (Å²) < 4.78 is 10.8. The molecule has 21 heavy (non-hydrogen) atoms. The van der Waals surface area contributed by atoms with Crippen molar-refractivity contribution in [2.24, 2.45) is 0 Å². The number of hydrogen-bond acceptors (Lipinski definition) is 4. The molecule has 1 aromatic rings. The van der Waals surface area contributed by atoms with Gasteiger partial charge in [0.25, 0.3) is 5.91 Å². The van der Waals surface area contributed by atoms with Crippen LogP contribution in [-0.4, -0.2) is 38.3 Å². The molecule has 5 nitrogen and oxygen atoms in total. The van der Waals surface area contributed by atoms with Crippen LogP contribution in [0.2, 0.25) is 0 Å². The van der Waals surface area contributed by atoms with Gasteiger partial charge in [-0.1, -0.05) is 19.1 Å². The van der Waals surface area contributed by atoms with Crippen molar-refractivity contribution in [1.29, 1.82) is 0 Å². The summed E-state index contributed by atoms with van der Waals surface area (Å²) in [5, 5.41) is 6.25. The van der Waals surface area contributed by atoms with E-state index in [1.165, 1.54) is 0 Å². The van der Waals surface area contributed by atoms with Crippen LogP contribution in [0.25, 0.3) is 0 Å². The monoisotopic (exact) mass is 292 g/mol. The lowest BCUT2D eigenvalue weighted by Crippen LogP contribution is -2.41. The van der Waals surface area contributed by atoms with Crippen LogP contribution in [0.5, 0.6) is 5.75 Å². The van der Waals surface area contributed by atoms with Crippen LogP contribution in [0, 0.1) is 0 Å². The van der Waals surface area contributed by atoms with Gasteiger partial charge >= 0.3 is 0 Å². The third-order valence-electron chi connectivity index (χ3n) is 3.43. The molecule has 2 N–H and O–H groups in total. The first-order chi connectivity index (χ1) is 10.3. The number of ether oxygens (including phenoxy) is 2. The predicted octanol–water partition coefficient (Wildman–Crippen LogP) is 1.47. The van der Waals surface area contributed by atoms with E-state index in [-0.39, 0.29) is 18.6 Å². The Balaban J connectivity index is 1.75. The summed E-state index contributed by atoms with van der Waals surface area (Å²) in [6.45, 7) is 5.31. The first kappa shape index (κ1) is 15.8. The van der Waals surface area contributed by atoms with Gasteiger partial charge in [0.05, 0.1) is 0 Å². The normalized spacial score (nSPS) is 15.7. The summed E-state index contributed by atoms with van der Waals surface area (Å²) in [4.78, 5) is 11.9. The lowest BCUT2D eigenvalue weighted by molar-refractivity contribution is -0.124. The van der Waals surface area contributed by atoms with E-state index in [1.807, 2.05) is 24.3 Å². The summed E-state index contributed by atoms with van der Waals surface area (Å²) in [6.07, 6.45) is 1.76. The van der Waals surface area contributed by atoms with Crippen LogP contribution in [0.15, 0.2) is 24.3 Å². The van der Waals surface area contributed by atoms with E-state index < -0.39 is 0 Å². The first-order valence-corrected chi connectivity index (χ1v) is 7.57. The number of nitrogens with one attached hydrogen (secondary N) is 2. The fourth-order valence-electron chi connectivity index (χ4n) is 2.27. The van der Waals surface area contributed by atoms with Crippen molar-refractivity contribution >= 4 is 5.91 Å². The zero-order valence-corrected chi connectivity index (χ0v) is 12.6. The van der Waals surface area contributed by atoms with E-state index in [9.17, 15) is 4.79 Å². The van der Waals surface area contributed by atoms with E-state index >= 15 is 0 Å². The lowest BCUT2D eigenvalue weighted by Gasteiger charge is -2.23. The molecule has 1 aromatic carbocycles. The van der Waals surface area contributed by atoms with Gasteiger partial charge in [-0.3, -0.25) is 4.79 Å². The Kier molecular flexibility index (Phi) is 6.50. The Morgan fingerprint density at radius 2 is 2.19 bits per heavy atom. The first-order valence-electron chi connectivity index (χ1n) is 7.57. The third kappa shape index (κ3) is 5.73. The molecule has 0 aliphatic carbocycles. The summed E-state index contributed by atoms with van der Waals surface area (Å²) >= 11 is 0. The second-order valence-corrected chi connectivity index (χ2v) is 5.17. The third-order valence-corrected chi connectivity index (χ3v) is 3.43. The highest BCUT2D eigenvalue weighted by atomic mass is 16.5. The average molecular weight is 292 g/mol. The summed E-state index contributed by atoms with van der Waals surface area (Å²) in [6, 6.07) is 8.03. The zero-order chi connectivity index (χ0) is 14.9. The van der Waals surface area contributed by atoms with Gasteiger partial charge < -0.3 is 20.1 Å². The van der Waals surface area contributed by atoms with E-state index in [0.717, 1.165) is 50.5 Å². The maximum Gasteiger partial charge on any atom is 0.258 e. The minimum Gasteiger partial charge on any atom is -0.484 e. The molecule has 0 atom stereocenters. The Morgan fingerprint density at radius 3 is 2.95 bits per heavy atom. The molecule has 5 heteroatoms. The van der Waals surface area contributed by atoms with Gasteiger partial charge in [0.1, 0.15) is 5.75 Å². The average Bonchev–Trinajstić information content (AvgIpc) is 2.52. The molecule has 1 aliphatic rings. The zero-order valence-electron chi connectivity index (χ0n) is 12.6. The van der Waals surface area contributed by atoms with Crippen molar-refractivity contribution < 1.29 is 14.3 Å². The molecule has 0 radical (unpaired) electrons. The smallest absolute Gasteiger partial charge is 0.258 e. The van der Waals surface area contributed by atoms with Crippen LogP contribution in [0.4, 0.5) is 0 Å². The SMILES string of the molecule is CCNCc1cccc(OCC(=O)NC2CCOCC2)c1. The molecule has 2 rings (SSSR count). The van der Waals surface area contributed by atoms with Gasteiger partial charge in [0.15, 0.2) is 6.61 Å². The summed E-state index contributed by atoms with van der Waals surface area (Å²) in [7, 11) is 0. The number of benzene rings is 1. The van der Waals surface area contributed by atoms with Crippen molar-refractivity contribution in [1.82, 2.24) is 10.6 Å². The molecule has 1 fully saturated rings. The maximum atomic E-state index is 11.9. The molecule has 1 amide bonds. The van der Waals surface area contributed by atoms with Crippen LogP contribution in [0.3, 0.4) is 0 Å². The quantitative estimate of drug-likeness (QED) is 0.799. The van der Waals surface area contributed by atoms with Crippen LogP contribution >= 0.6 is 0 Å². The largest absolute Gasteiger partial charge is 0.484 e. The van der Waals surface area contributed by atoms with E-state index in [0.29, 0.717) is 0 Å². The van der Waals surface area contributed by atoms with Gasteiger partial charge in [-0.15, -0.1) is 0 Å². The maximum absolute atomic E-state index is 11.9. The molecule has 116 valence electrons. The van der Waals surface area contributed by atoms with Gasteiger partial charge in [-0.25, -0.2) is 0 Å². The van der Waals surface area contributed by atoms with Crippen LogP contribution < -0.4 is 15.4 Å². The van der Waals surface area contributed by atoms with E-state index in [2.05, 4.69) is 17.6 Å². The molecule has 0 unspecified atom stereocenters. The second kappa shape index (κ2) is 8.64. The van der Waals surface area contributed by atoms with E-state index in [4.69, 9.17) is 9.47 Å². The number of rotatable bonds is 7. The van der Waals surface area contributed by atoms with Crippen molar-refractivity contribution in [3.63, 3.8) is 0 Å². The number of carbonyl (C=O) groups excluding carboxylic acids is 1. The molecular formula is C16H24N2O3. The van der Waals surface area contributed by atoms with Crippen LogP contribution in [-0.2, 0) is 16.1 Å². The van der Waals surface area contributed by atoms with Gasteiger partial charge in [-0.2, -0.15) is 0 Å². The Labute approximate surface area is 126 Å². The molecule has 0 saturated carbocycles. The summed E-state index contributed by atoms with van der Waals surface area (Å²) in [5.41, 5.74) is 1.15. The minimum atomic E-state index is -0.0704. The van der Waals surface area contributed by atoms with Crippen molar-refractivity contribution in [3.8, 4) is 5.75 Å². The molecule has 0 bridgehead atoms. The lowest BCUT2D eigenvalue weighted by atomic mass is 10.1. The molecular weight excluding hydrogens is 268 g/mol. The predicted molar refractivity (Wildman–Crippen MR) is 81.3 cm³/mol. The van der Waals surface area contributed by atoms with Crippen molar-refractivity contribution in [3.05, 3.63) is 29.8 Å². The number of hydrogen-bond donors (Lipinski definition) is 2. The Bertz CT molecular complexity index is 445. The fourth-order valence-corrected chi connectivity index (χ4v) is 2.27. The standard InChI is InChI=1S/C16H24N2O3/c1-2-17-11-13-4-3-5-15(10-13)21-12-16(19)18-14-6-8-20-9-7-14/h3-5,10,14,17H,2,6-9,11-12H2,1H3,(H,18,19). The molecule has 1 heterocycles. The summed E-state index contributed by atoms with van der Waals surface area (Å²) in [5.74, 6) is 0.659. The minimum absolute atomic E-state index is 0.0576. The molecule has 0 spiro atoms. The Hall–Kier alpha value is -1.59. The van der Waals surface area contributed by atoms with Crippen molar-refractivity contribution in [2.75, 3.05) is 26.4 Å². The van der Waals surface area contributed by atoms with E-state index in [1.54, 1.807) is 0 Å². The molecule has 0 aromatic heterocycles. The topological polar surface area (TPSA) is 59.6 Å². The van der Waals surface area contributed by atoms with Gasteiger partial charge in [0.2, 0.25) is 0 Å². The molecule has 1 saturated heterocycles. The van der Waals surface area contributed by atoms with Crippen molar-refractivity contribution in [2.45, 2.75) is 32.4 Å². The van der Waals surface area contributed by atoms with Crippen LogP contribution in [0.1, 0.15) is 25.3 Å². The fraction of sp³-hybridized carbons (Fsp3) is 0.562. The van der Waals surface area contributed by atoms with Gasteiger partial charge in [-0.05, 0) is 37.1 Å². The highest BCUT2D eigenvalue weighted by Crippen LogP contribution is 2.13. The highest BCUT2D eigenvalue weighted by Gasteiger charge is 2.16.